The second kappa shape index (κ2) is 8.15. The maximum absolute atomic E-state index is 12.1. The van der Waals surface area contributed by atoms with Crippen LogP contribution in [-0.2, 0) is 20.9 Å². The standard InChI is InChI=1S/C18H24N2O4/c21-17(20-9-8-16(11-20)23-12-15-6-7-15)10-19-18(22)24-13-14-4-2-1-3-5-14/h1-5,15-16H,6-13H2,(H,19,22)/t16-/m1/s1. The highest BCUT2D eigenvalue weighted by Gasteiger charge is 2.29. The molecule has 1 aliphatic heterocycles. The molecule has 0 spiro atoms. The maximum Gasteiger partial charge on any atom is 0.407 e. The number of nitrogens with one attached hydrogen (secondary N) is 1. The fourth-order valence-electron chi connectivity index (χ4n) is 2.68. The molecule has 6 heteroatoms. The Morgan fingerprint density at radius 1 is 1.17 bits per heavy atom. The van der Waals surface area contributed by atoms with Crippen molar-refractivity contribution in [1.29, 1.82) is 0 Å². The molecule has 0 bridgehead atoms. The summed E-state index contributed by atoms with van der Waals surface area (Å²) in [4.78, 5) is 25.5. The summed E-state index contributed by atoms with van der Waals surface area (Å²) in [5.41, 5.74) is 0.911. The average Bonchev–Trinajstić information content (AvgIpc) is 3.32. The van der Waals surface area contributed by atoms with Crippen molar-refractivity contribution in [3.8, 4) is 0 Å². The maximum atomic E-state index is 12.1. The number of hydrogen-bond donors (Lipinski definition) is 1. The zero-order valence-electron chi connectivity index (χ0n) is 13.8. The molecule has 2 aliphatic rings. The molecule has 130 valence electrons. The lowest BCUT2D eigenvalue weighted by molar-refractivity contribution is -0.129. The van der Waals surface area contributed by atoms with E-state index < -0.39 is 6.09 Å². The lowest BCUT2D eigenvalue weighted by atomic mass is 10.2. The van der Waals surface area contributed by atoms with Gasteiger partial charge in [-0.25, -0.2) is 4.79 Å². The van der Waals surface area contributed by atoms with Gasteiger partial charge in [-0.3, -0.25) is 4.79 Å². The highest BCUT2D eigenvalue weighted by atomic mass is 16.5. The van der Waals surface area contributed by atoms with E-state index in [-0.39, 0.29) is 25.2 Å². The Balaban J connectivity index is 1.31. The lowest BCUT2D eigenvalue weighted by Crippen LogP contribution is -2.39. The number of hydrogen-bond acceptors (Lipinski definition) is 4. The molecule has 1 aliphatic carbocycles. The van der Waals surface area contributed by atoms with Gasteiger partial charge in [-0.15, -0.1) is 0 Å². The fourth-order valence-corrected chi connectivity index (χ4v) is 2.68. The number of rotatable bonds is 7. The second-order valence-electron chi connectivity index (χ2n) is 6.44. The van der Waals surface area contributed by atoms with Crippen LogP contribution in [0.15, 0.2) is 30.3 Å². The molecule has 1 aromatic rings. The molecule has 1 saturated carbocycles. The molecule has 3 rings (SSSR count). The molecule has 2 fully saturated rings. The van der Waals surface area contributed by atoms with Gasteiger partial charge in [0.2, 0.25) is 5.91 Å². The van der Waals surface area contributed by atoms with E-state index in [0.29, 0.717) is 13.1 Å². The Hall–Kier alpha value is -2.08. The molecule has 2 amide bonds. The van der Waals surface area contributed by atoms with Crippen molar-refractivity contribution in [3.63, 3.8) is 0 Å². The second-order valence-corrected chi connectivity index (χ2v) is 6.44. The normalized spacial score (nSPS) is 20.0. The van der Waals surface area contributed by atoms with Crippen molar-refractivity contribution in [2.45, 2.75) is 32.0 Å². The van der Waals surface area contributed by atoms with Crippen LogP contribution in [0, 0.1) is 5.92 Å². The van der Waals surface area contributed by atoms with Crippen LogP contribution in [0.3, 0.4) is 0 Å². The molecule has 6 nitrogen and oxygen atoms in total. The van der Waals surface area contributed by atoms with Crippen LogP contribution in [0.5, 0.6) is 0 Å². The number of carbonyl (C=O) groups excluding carboxylic acids is 2. The summed E-state index contributed by atoms with van der Waals surface area (Å²) in [5, 5.41) is 2.51. The van der Waals surface area contributed by atoms with Gasteiger partial charge in [-0.05, 0) is 30.7 Å². The van der Waals surface area contributed by atoms with Crippen LogP contribution in [-0.4, -0.2) is 49.2 Å². The number of likely N-dealkylation sites (tertiary alicyclic amines) is 1. The molecule has 1 saturated heterocycles. The first kappa shape index (κ1) is 16.8. The minimum atomic E-state index is -0.576. The Kier molecular flexibility index (Phi) is 5.69. The van der Waals surface area contributed by atoms with E-state index in [9.17, 15) is 9.59 Å². The summed E-state index contributed by atoms with van der Waals surface area (Å²) in [7, 11) is 0. The summed E-state index contributed by atoms with van der Waals surface area (Å²) in [6, 6.07) is 9.43. The van der Waals surface area contributed by atoms with Gasteiger partial charge in [0.15, 0.2) is 0 Å². The third-order valence-electron chi connectivity index (χ3n) is 4.36. The van der Waals surface area contributed by atoms with Crippen molar-refractivity contribution in [3.05, 3.63) is 35.9 Å². The minimum absolute atomic E-state index is 0.0387. The number of nitrogens with zero attached hydrogens (tertiary/aromatic N) is 1. The van der Waals surface area contributed by atoms with E-state index in [1.807, 2.05) is 30.3 Å². The van der Waals surface area contributed by atoms with E-state index in [1.54, 1.807) is 4.90 Å². The molecule has 1 N–H and O–H groups in total. The molecular weight excluding hydrogens is 308 g/mol. The van der Waals surface area contributed by atoms with Crippen molar-refractivity contribution >= 4 is 12.0 Å². The lowest BCUT2D eigenvalue weighted by Gasteiger charge is -2.17. The van der Waals surface area contributed by atoms with Crippen LogP contribution < -0.4 is 5.32 Å². The van der Waals surface area contributed by atoms with Gasteiger partial charge in [0, 0.05) is 19.7 Å². The predicted octanol–water partition coefficient (Wildman–Crippen LogP) is 1.94. The molecule has 0 radical (unpaired) electrons. The molecule has 24 heavy (non-hydrogen) atoms. The van der Waals surface area contributed by atoms with E-state index in [2.05, 4.69) is 5.32 Å². The largest absolute Gasteiger partial charge is 0.445 e. The average molecular weight is 332 g/mol. The van der Waals surface area contributed by atoms with Crippen molar-refractivity contribution in [2.75, 3.05) is 26.2 Å². The summed E-state index contributed by atoms with van der Waals surface area (Å²) >= 11 is 0. The summed E-state index contributed by atoms with van der Waals surface area (Å²) in [6.45, 7) is 2.28. The van der Waals surface area contributed by atoms with E-state index in [4.69, 9.17) is 9.47 Å². The highest BCUT2D eigenvalue weighted by Crippen LogP contribution is 2.29. The number of benzene rings is 1. The monoisotopic (exact) mass is 332 g/mol. The van der Waals surface area contributed by atoms with Gasteiger partial charge in [-0.2, -0.15) is 0 Å². The number of alkyl carbamates (subject to hydrolysis) is 1. The van der Waals surface area contributed by atoms with Crippen LogP contribution in [0.2, 0.25) is 0 Å². The Labute approximate surface area is 142 Å². The Bertz CT molecular complexity index is 559. The summed E-state index contributed by atoms with van der Waals surface area (Å²) < 4.78 is 10.9. The van der Waals surface area contributed by atoms with E-state index in [0.717, 1.165) is 24.5 Å². The van der Waals surface area contributed by atoms with Crippen LogP contribution in [0.1, 0.15) is 24.8 Å². The summed E-state index contributed by atoms with van der Waals surface area (Å²) in [5.74, 6) is 0.639. The zero-order valence-corrected chi connectivity index (χ0v) is 13.8. The predicted molar refractivity (Wildman–Crippen MR) is 88.3 cm³/mol. The first-order chi connectivity index (χ1) is 11.7. The van der Waals surface area contributed by atoms with Crippen LogP contribution >= 0.6 is 0 Å². The van der Waals surface area contributed by atoms with Gasteiger partial charge in [0.1, 0.15) is 13.2 Å². The van der Waals surface area contributed by atoms with Gasteiger partial charge in [-0.1, -0.05) is 30.3 Å². The van der Waals surface area contributed by atoms with Gasteiger partial charge in [0.05, 0.1) is 6.10 Å². The zero-order chi connectivity index (χ0) is 16.8. The van der Waals surface area contributed by atoms with Crippen molar-refractivity contribution < 1.29 is 19.1 Å². The van der Waals surface area contributed by atoms with E-state index in [1.165, 1.54) is 12.8 Å². The molecule has 0 aromatic heterocycles. The topological polar surface area (TPSA) is 67.9 Å². The van der Waals surface area contributed by atoms with Crippen LogP contribution in [0.25, 0.3) is 0 Å². The molecule has 1 atom stereocenters. The Morgan fingerprint density at radius 3 is 2.71 bits per heavy atom. The summed E-state index contributed by atoms with van der Waals surface area (Å²) in [6.07, 6.45) is 2.97. The third-order valence-corrected chi connectivity index (χ3v) is 4.36. The van der Waals surface area contributed by atoms with E-state index >= 15 is 0 Å². The van der Waals surface area contributed by atoms with Gasteiger partial charge >= 0.3 is 6.09 Å². The quantitative estimate of drug-likeness (QED) is 0.828. The Morgan fingerprint density at radius 2 is 1.96 bits per heavy atom. The van der Waals surface area contributed by atoms with Gasteiger partial charge in [0.25, 0.3) is 0 Å². The minimum Gasteiger partial charge on any atom is -0.445 e. The fraction of sp³-hybridized carbons (Fsp3) is 0.556. The number of ether oxygens (including phenoxy) is 2. The first-order valence-corrected chi connectivity index (χ1v) is 8.54. The third kappa shape index (κ3) is 5.23. The molecule has 0 unspecified atom stereocenters. The highest BCUT2D eigenvalue weighted by molar-refractivity contribution is 5.82. The van der Waals surface area contributed by atoms with Crippen molar-refractivity contribution in [1.82, 2.24) is 10.2 Å². The van der Waals surface area contributed by atoms with Crippen LogP contribution in [0.4, 0.5) is 4.79 Å². The molecule has 1 aromatic carbocycles. The number of carbonyl (C=O) groups is 2. The SMILES string of the molecule is O=C(NCC(=O)N1CC[C@@H](OCC2CC2)C1)OCc1ccccc1. The van der Waals surface area contributed by atoms with Crippen molar-refractivity contribution in [2.24, 2.45) is 5.92 Å². The number of amides is 2. The van der Waals surface area contributed by atoms with Gasteiger partial charge < -0.3 is 19.7 Å². The first-order valence-electron chi connectivity index (χ1n) is 8.54. The molecular formula is C18H24N2O4. The smallest absolute Gasteiger partial charge is 0.407 e. The molecule has 1 heterocycles.